The Kier molecular flexibility index (Phi) is 5.99. The summed E-state index contributed by atoms with van der Waals surface area (Å²) in [5, 5.41) is 14.6. The lowest BCUT2D eigenvalue weighted by Gasteiger charge is -2.34. The van der Waals surface area contributed by atoms with Crippen molar-refractivity contribution in [3.8, 4) is 0 Å². The number of benzene rings is 1. The van der Waals surface area contributed by atoms with Gasteiger partial charge in [0.1, 0.15) is 0 Å². The van der Waals surface area contributed by atoms with Gasteiger partial charge in [0, 0.05) is 51.9 Å². The fraction of sp³-hybridized carbons (Fsp3) is 0.550. The van der Waals surface area contributed by atoms with E-state index in [4.69, 9.17) is 0 Å². The molecular weight excluding hydrogens is 354 g/mol. The van der Waals surface area contributed by atoms with Crippen molar-refractivity contribution in [3.63, 3.8) is 0 Å². The zero-order chi connectivity index (χ0) is 19.3. The Morgan fingerprint density at radius 2 is 2.00 bits per heavy atom. The first-order valence-electron chi connectivity index (χ1n) is 10.1. The van der Waals surface area contributed by atoms with E-state index in [1.54, 1.807) is 10.9 Å². The van der Waals surface area contributed by atoms with E-state index >= 15 is 0 Å². The number of piperazine rings is 1. The predicted octanol–water partition coefficient (Wildman–Crippen LogP) is -0.0302. The van der Waals surface area contributed by atoms with Crippen molar-refractivity contribution < 1.29 is 4.79 Å². The molecule has 1 atom stereocenters. The van der Waals surface area contributed by atoms with Crippen LogP contribution in [-0.4, -0.2) is 83.1 Å². The topological polar surface area (TPSA) is 78.3 Å². The van der Waals surface area contributed by atoms with Gasteiger partial charge in [0.25, 0.3) is 5.91 Å². The number of amides is 1. The molecule has 0 saturated carbocycles. The van der Waals surface area contributed by atoms with Crippen molar-refractivity contribution in [2.45, 2.75) is 25.6 Å². The standard InChI is InChI=1S/C20H29N7O/c1-25-14-17-5-3-2-4-16(17)12-18(25)13-22-20(28)19-15-27(24-23-19)11-10-26-8-6-21-7-9-26/h2-5,15,18,21H,6-14H2,1H3,(H,22,28). The molecule has 3 heterocycles. The normalized spacial score (nSPS) is 20.7. The molecule has 1 aromatic carbocycles. The zero-order valence-electron chi connectivity index (χ0n) is 16.5. The monoisotopic (exact) mass is 383 g/mol. The molecule has 1 saturated heterocycles. The van der Waals surface area contributed by atoms with Crippen molar-refractivity contribution >= 4 is 5.91 Å². The molecular formula is C20H29N7O. The van der Waals surface area contributed by atoms with E-state index in [0.29, 0.717) is 18.3 Å². The van der Waals surface area contributed by atoms with Gasteiger partial charge in [-0.15, -0.1) is 5.10 Å². The number of nitrogens with zero attached hydrogens (tertiary/aromatic N) is 5. The second-order valence-electron chi connectivity index (χ2n) is 7.71. The van der Waals surface area contributed by atoms with Crippen LogP contribution in [-0.2, 0) is 19.5 Å². The average molecular weight is 384 g/mol. The molecule has 2 aromatic rings. The van der Waals surface area contributed by atoms with Crippen molar-refractivity contribution in [2.24, 2.45) is 0 Å². The molecule has 0 radical (unpaired) electrons. The molecule has 2 aliphatic rings. The average Bonchev–Trinajstić information content (AvgIpc) is 3.20. The third-order valence-electron chi connectivity index (χ3n) is 5.74. The fourth-order valence-corrected chi connectivity index (χ4v) is 3.94. The third kappa shape index (κ3) is 4.57. The first-order chi connectivity index (χ1) is 13.7. The number of carbonyl (C=O) groups excluding carboxylic acids is 1. The van der Waals surface area contributed by atoms with Gasteiger partial charge in [-0.05, 0) is 24.6 Å². The number of fused-ring (bicyclic) bond motifs is 1. The number of aromatic nitrogens is 3. The largest absolute Gasteiger partial charge is 0.349 e. The molecule has 1 amide bonds. The van der Waals surface area contributed by atoms with Crippen LogP contribution in [0.5, 0.6) is 0 Å². The van der Waals surface area contributed by atoms with Gasteiger partial charge in [0.2, 0.25) is 0 Å². The lowest BCUT2D eigenvalue weighted by molar-refractivity contribution is 0.0929. The van der Waals surface area contributed by atoms with Gasteiger partial charge < -0.3 is 10.6 Å². The highest BCUT2D eigenvalue weighted by molar-refractivity contribution is 5.91. The van der Waals surface area contributed by atoms with E-state index in [1.807, 2.05) is 0 Å². The minimum absolute atomic E-state index is 0.152. The Labute approximate surface area is 165 Å². The highest BCUT2D eigenvalue weighted by Crippen LogP contribution is 2.21. The lowest BCUT2D eigenvalue weighted by Crippen LogP contribution is -2.45. The second kappa shape index (κ2) is 8.81. The second-order valence-corrected chi connectivity index (χ2v) is 7.71. The summed E-state index contributed by atoms with van der Waals surface area (Å²) < 4.78 is 1.76. The molecule has 0 bridgehead atoms. The lowest BCUT2D eigenvalue weighted by atomic mass is 9.94. The number of nitrogens with one attached hydrogen (secondary N) is 2. The Hall–Kier alpha value is -2.29. The van der Waals surface area contributed by atoms with Gasteiger partial charge in [0.15, 0.2) is 5.69 Å². The number of likely N-dealkylation sites (N-methyl/N-ethyl adjacent to an activating group) is 1. The molecule has 0 spiro atoms. The molecule has 1 aromatic heterocycles. The summed E-state index contributed by atoms with van der Waals surface area (Å²) >= 11 is 0. The van der Waals surface area contributed by atoms with Gasteiger partial charge in [-0.3, -0.25) is 19.3 Å². The van der Waals surface area contributed by atoms with Crippen LogP contribution in [0.4, 0.5) is 0 Å². The van der Waals surface area contributed by atoms with Crippen LogP contribution < -0.4 is 10.6 Å². The number of hydrogen-bond acceptors (Lipinski definition) is 6. The zero-order valence-corrected chi connectivity index (χ0v) is 16.5. The summed E-state index contributed by atoms with van der Waals surface area (Å²) in [6.45, 7) is 7.38. The molecule has 8 nitrogen and oxygen atoms in total. The molecule has 150 valence electrons. The van der Waals surface area contributed by atoms with Gasteiger partial charge in [-0.25, -0.2) is 0 Å². The Morgan fingerprint density at radius 1 is 1.21 bits per heavy atom. The van der Waals surface area contributed by atoms with Crippen molar-refractivity contribution in [1.29, 1.82) is 0 Å². The molecule has 0 aliphatic carbocycles. The molecule has 4 rings (SSSR count). The van der Waals surface area contributed by atoms with Crippen LogP contribution in [0.15, 0.2) is 30.5 Å². The summed E-state index contributed by atoms with van der Waals surface area (Å²) in [6, 6.07) is 8.82. The SMILES string of the molecule is CN1Cc2ccccc2CC1CNC(=O)c1cn(CCN2CCNCC2)nn1. The van der Waals surface area contributed by atoms with Crippen LogP contribution in [0, 0.1) is 0 Å². The smallest absolute Gasteiger partial charge is 0.273 e. The quantitative estimate of drug-likeness (QED) is 0.730. The summed E-state index contributed by atoms with van der Waals surface area (Å²) in [5.74, 6) is -0.152. The van der Waals surface area contributed by atoms with Crippen LogP contribution in [0.25, 0.3) is 0 Å². The molecule has 2 N–H and O–H groups in total. The van der Waals surface area contributed by atoms with Crippen molar-refractivity contribution in [1.82, 2.24) is 35.4 Å². The first-order valence-corrected chi connectivity index (χ1v) is 10.1. The maximum absolute atomic E-state index is 12.5. The van der Waals surface area contributed by atoms with E-state index in [0.717, 1.165) is 52.2 Å². The number of carbonyl (C=O) groups is 1. The first kappa shape index (κ1) is 19.0. The van der Waals surface area contributed by atoms with E-state index in [2.05, 4.69) is 62.1 Å². The van der Waals surface area contributed by atoms with Gasteiger partial charge in [0.05, 0.1) is 12.7 Å². The Balaban J connectivity index is 1.27. The number of rotatable bonds is 6. The summed E-state index contributed by atoms with van der Waals surface area (Å²) in [5.41, 5.74) is 3.14. The summed E-state index contributed by atoms with van der Waals surface area (Å²) in [4.78, 5) is 17.2. The highest BCUT2D eigenvalue weighted by Gasteiger charge is 2.24. The van der Waals surface area contributed by atoms with Gasteiger partial charge in [-0.1, -0.05) is 29.5 Å². The maximum atomic E-state index is 12.5. The summed E-state index contributed by atoms with van der Waals surface area (Å²) in [6.07, 6.45) is 2.70. The minimum atomic E-state index is -0.152. The molecule has 1 fully saturated rings. The maximum Gasteiger partial charge on any atom is 0.273 e. The van der Waals surface area contributed by atoms with Crippen LogP contribution in [0.3, 0.4) is 0 Å². The summed E-state index contributed by atoms with van der Waals surface area (Å²) in [7, 11) is 2.11. The van der Waals surface area contributed by atoms with Crippen LogP contribution in [0.2, 0.25) is 0 Å². The molecule has 8 heteroatoms. The Morgan fingerprint density at radius 3 is 2.82 bits per heavy atom. The van der Waals surface area contributed by atoms with Crippen molar-refractivity contribution in [2.75, 3.05) is 46.3 Å². The third-order valence-corrected chi connectivity index (χ3v) is 5.74. The fourth-order valence-electron chi connectivity index (χ4n) is 3.94. The van der Waals surface area contributed by atoms with Gasteiger partial charge in [-0.2, -0.15) is 0 Å². The minimum Gasteiger partial charge on any atom is -0.349 e. The molecule has 1 unspecified atom stereocenters. The van der Waals surface area contributed by atoms with E-state index < -0.39 is 0 Å². The predicted molar refractivity (Wildman–Crippen MR) is 107 cm³/mol. The van der Waals surface area contributed by atoms with Crippen molar-refractivity contribution in [3.05, 3.63) is 47.3 Å². The van der Waals surface area contributed by atoms with Crippen LogP contribution >= 0.6 is 0 Å². The van der Waals surface area contributed by atoms with E-state index in [-0.39, 0.29) is 5.91 Å². The van der Waals surface area contributed by atoms with Crippen LogP contribution in [0.1, 0.15) is 21.6 Å². The Bertz CT molecular complexity index is 799. The van der Waals surface area contributed by atoms with E-state index in [9.17, 15) is 4.79 Å². The number of hydrogen-bond donors (Lipinski definition) is 2. The molecule has 28 heavy (non-hydrogen) atoms. The van der Waals surface area contributed by atoms with E-state index in [1.165, 1.54) is 11.1 Å². The molecule has 2 aliphatic heterocycles. The highest BCUT2D eigenvalue weighted by atomic mass is 16.2. The van der Waals surface area contributed by atoms with Gasteiger partial charge >= 0.3 is 0 Å².